The van der Waals surface area contributed by atoms with Gasteiger partial charge >= 0.3 is 90.2 Å². The van der Waals surface area contributed by atoms with Gasteiger partial charge in [-0.3, -0.25) is 0 Å². The van der Waals surface area contributed by atoms with E-state index in [2.05, 4.69) is 5.92 Å². The molecule has 72 valence electrons. The van der Waals surface area contributed by atoms with E-state index < -0.39 is 0 Å². The summed E-state index contributed by atoms with van der Waals surface area (Å²) in [4.78, 5) is 13.2. The van der Waals surface area contributed by atoms with Crippen molar-refractivity contribution in [3.63, 3.8) is 0 Å². The zero-order valence-corrected chi connectivity index (χ0v) is 9.65. The number of benzene rings is 1. The summed E-state index contributed by atoms with van der Waals surface area (Å²) in [5.74, 6) is 2.45. The molecule has 0 unspecified atom stereocenters. The van der Waals surface area contributed by atoms with E-state index in [0.29, 0.717) is 6.54 Å². The third-order valence-electron chi connectivity index (χ3n) is 1.59. The fourth-order valence-electron chi connectivity index (χ4n) is 0.869. The van der Waals surface area contributed by atoms with Gasteiger partial charge in [0, 0.05) is 0 Å². The minimum absolute atomic E-state index is 0.113. The van der Waals surface area contributed by atoms with Crippen LogP contribution in [0.1, 0.15) is 0 Å². The Balaban J connectivity index is 2.54. The minimum atomic E-state index is -0.160. The van der Waals surface area contributed by atoms with Crippen molar-refractivity contribution in [3.05, 3.63) is 30.3 Å². The number of carbonyl (C=O) groups is 1. The Morgan fingerprint density at radius 1 is 1.50 bits per heavy atom. The summed E-state index contributed by atoms with van der Waals surface area (Å²) in [6, 6.07) is 9.73. The van der Waals surface area contributed by atoms with Gasteiger partial charge in [0.05, 0.1) is 0 Å². The summed E-state index contributed by atoms with van der Waals surface area (Å²) in [7, 11) is 1.73. The molecule has 1 rings (SSSR count). The van der Waals surface area contributed by atoms with Crippen LogP contribution in [-0.2, 0) is 0 Å². The molecule has 0 heterocycles. The fraction of sp³-hybridized carbons (Fsp3) is 0.182. The molecule has 0 spiro atoms. The van der Waals surface area contributed by atoms with Crippen molar-refractivity contribution in [2.45, 2.75) is 0 Å². The molecule has 14 heavy (non-hydrogen) atoms. The van der Waals surface area contributed by atoms with Crippen molar-refractivity contribution in [3.8, 4) is 12.3 Å². The zero-order valence-electron chi connectivity index (χ0n) is 7.93. The number of carbonyl (C=O) groups excluding carboxylic acids is 1. The topological polar surface area (TPSA) is 20.3 Å². The molecule has 0 aliphatic rings. The summed E-state index contributed by atoms with van der Waals surface area (Å²) >= 11 is -0.160. The molecule has 0 aliphatic heterocycles. The molecule has 0 radical (unpaired) electrons. The quantitative estimate of drug-likeness (QED) is 0.573. The number of terminal acetylenes is 1. The number of hydrogen-bond acceptors (Lipinski definition) is 1. The molecule has 0 aliphatic carbocycles. The van der Waals surface area contributed by atoms with Crippen LogP contribution in [0.25, 0.3) is 0 Å². The first-order valence-corrected chi connectivity index (χ1v) is 5.87. The van der Waals surface area contributed by atoms with E-state index in [1.165, 1.54) is 0 Å². The van der Waals surface area contributed by atoms with Crippen LogP contribution in [0.4, 0.5) is 4.79 Å². The van der Waals surface area contributed by atoms with Crippen LogP contribution in [0, 0.1) is 12.3 Å². The molecule has 1 amide bonds. The number of amides is 1. The Labute approximate surface area is 90.5 Å². The predicted molar refractivity (Wildman–Crippen MR) is 58.7 cm³/mol. The van der Waals surface area contributed by atoms with E-state index >= 15 is 0 Å². The van der Waals surface area contributed by atoms with Crippen LogP contribution in [0.2, 0.25) is 0 Å². The molecule has 0 saturated heterocycles. The Morgan fingerprint density at radius 2 is 2.14 bits per heavy atom. The second-order valence-electron chi connectivity index (χ2n) is 2.74. The number of hydrogen-bond donors (Lipinski definition) is 0. The second-order valence-corrected chi connectivity index (χ2v) is 4.89. The molecule has 2 nitrogen and oxygen atoms in total. The van der Waals surface area contributed by atoms with Gasteiger partial charge in [0.25, 0.3) is 0 Å². The number of rotatable bonds is 3. The van der Waals surface area contributed by atoms with Crippen molar-refractivity contribution >= 4 is 24.2 Å². The standard InChI is InChI=1S/C11H11NOSe/c1-3-9-12(2)11(13)14-10-7-5-4-6-8-10/h1,4-8H,9H2,2H3. The Bertz CT molecular complexity index is 342. The molecule has 0 N–H and O–H groups in total. The first-order valence-electron chi connectivity index (χ1n) is 4.15. The summed E-state index contributed by atoms with van der Waals surface area (Å²) in [5, 5.41) is 0. The summed E-state index contributed by atoms with van der Waals surface area (Å²) in [6.07, 6.45) is 5.12. The molecule has 0 fully saturated rings. The van der Waals surface area contributed by atoms with Gasteiger partial charge in [-0.05, 0) is 0 Å². The normalized spacial score (nSPS) is 9.14. The van der Waals surface area contributed by atoms with Gasteiger partial charge in [-0.25, -0.2) is 0 Å². The molecule has 0 atom stereocenters. The Kier molecular flexibility index (Phi) is 4.25. The van der Waals surface area contributed by atoms with Crippen LogP contribution in [-0.4, -0.2) is 38.3 Å². The molecule has 1 aromatic carbocycles. The molecular formula is C11H11NOSe. The van der Waals surface area contributed by atoms with E-state index in [9.17, 15) is 4.79 Å². The van der Waals surface area contributed by atoms with Gasteiger partial charge in [0.15, 0.2) is 0 Å². The molecule has 0 saturated carbocycles. The van der Waals surface area contributed by atoms with Gasteiger partial charge in [-0.15, -0.1) is 0 Å². The first kappa shape index (κ1) is 10.8. The molecule has 1 aromatic rings. The van der Waals surface area contributed by atoms with Crippen molar-refractivity contribution in [1.82, 2.24) is 4.90 Å². The van der Waals surface area contributed by atoms with Crippen LogP contribution in [0.3, 0.4) is 0 Å². The SMILES string of the molecule is C#CCN(C)C(=O)[Se]c1ccccc1. The van der Waals surface area contributed by atoms with Crippen molar-refractivity contribution in [2.24, 2.45) is 0 Å². The van der Waals surface area contributed by atoms with Crippen molar-refractivity contribution in [1.29, 1.82) is 0 Å². The average Bonchev–Trinajstić information content (AvgIpc) is 2.19. The third kappa shape index (κ3) is 3.26. The third-order valence-corrected chi connectivity index (χ3v) is 3.67. The van der Waals surface area contributed by atoms with Gasteiger partial charge in [-0.2, -0.15) is 0 Å². The van der Waals surface area contributed by atoms with Crippen LogP contribution in [0.15, 0.2) is 30.3 Å². The van der Waals surface area contributed by atoms with Gasteiger partial charge in [0.1, 0.15) is 0 Å². The molecular weight excluding hydrogens is 241 g/mol. The van der Waals surface area contributed by atoms with Gasteiger partial charge in [0.2, 0.25) is 0 Å². The molecule has 0 aromatic heterocycles. The summed E-state index contributed by atoms with van der Waals surface area (Å²) in [5.41, 5.74) is 0. The van der Waals surface area contributed by atoms with E-state index in [1.54, 1.807) is 11.9 Å². The summed E-state index contributed by atoms with van der Waals surface area (Å²) < 4.78 is 1.08. The van der Waals surface area contributed by atoms with Crippen molar-refractivity contribution < 1.29 is 4.79 Å². The molecule has 3 heteroatoms. The Hall–Kier alpha value is -1.23. The second kappa shape index (κ2) is 5.49. The molecule has 0 bridgehead atoms. The van der Waals surface area contributed by atoms with E-state index in [1.807, 2.05) is 30.3 Å². The zero-order chi connectivity index (χ0) is 10.4. The number of nitrogens with zero attached hydrogens (tertiary/aromatic N) is 1. The average molecular weight is 252 g/mol. The fourth-order valence-corrected chi connectivity index (χ4v) is 2.37. The monoisotopic (exact) mass is 253 g/mol. The van der Waals surface area contributed by atoms with Gasteiger partial charge in [-0.1, -0.05) is 0 Å². The van der Waals surface area contributed by atoms with Gasteiger partial charge < -0.3 is 0 Å². The van der Waals surface area contributed by atoms with Crippen LogP contribution in [0.5, 0.6) is 0 Å². The van der Waals surface area contributed by atoms with Crippen LogP contribution >= 0.6 is 0 Å². The maximum atomic E-state index is 11.6. The maximum absolute atomic E-state index is 11.6. The van der Waals surface area contributed by atoms with E-state index in [4.69, 9.17) is 6.42 Å². The van der Waals surface area contributed by atoms with Crippen molar-refractivity contribution in [2.75, 3.05) is 13.6 Å². The van der Waals surface area contributed by atoms with E-state index in [-0.39, 0.29) is 19.8 Å². The predicted octanol–water partition coefficient (Wildman–Crippen LogP) is 0.701. The van der Waals surface area contributed by atoms with E-state index in [0.717, 1.165) is 4.46 Å². The van der Waals surface area contributed by atoms with Crippen LogP contribution < -0.4 is 4.46 Å². The first-order chi connectivity index (χ1) is 6.74. The summed E-state index contributed by atoms with van der Waals surface area (Å²) in [6.45, 7) is 0.382. The Morgan fingerprint density at radius 3 is 2.71 bits per heavy atom.